The molecule has 4 rings (SSSR count). The van der Waals surface area contributed by atoms with Gasteiger partial charge in [0.25, 0.3) is 0 Å². The SMILES string of the molecule is COc1ccccc1N1CCN(C(=O)[C@H]2[C@@H]3CC[C@H](C3)[C@@H]2C(=O)[O-])CC1. The Bertz CT molecular complexity index is 699. The van der Waals surface area contributed by atoms with Crippen LogP contribution in [0.5, 0.6) is 5.75 Å². The highest BCUT2D eigenvalue weighted by Gasteiger charge is 2.52. The number of carbonyl (C=O) groups is 2. The van der Waals surface area contributed by atoms with Crippen LogP contribution < -0.4 is 14.7 Å². The van der Waals surface area contributed by atoms with Crippen molar-refractivity contribution in [1.29, 1.82) is 0 Å². The number of piperazine rings is 1. The fourth-order valence-corrected chi connectivity index (χ4v) is 5.26. The number of anilines is 1. The molecule has 2 bridgehead atoms. The Morgan fingerprint density at radius 1 is 1.04 bits per heavy atom. The second-order valence-electron chi connectivity index (χ2n) is 7.69. The van der Waals surface area contributed by atoms with Gasteiger partial charge < -0.3 is 24.4 Å². The smallest absolute Gasteiger partial charge is 0.226 e. The molecule has 1 heterocycles. The van der Waals surface area contributed by atoms with E-state index in [4.69, 9.17) is 4.74 Å². The van der Waals surface area contributed by atoms with Crippen LogP contribution in [0, 0.1) is 23.7 Å². The van der Waals surface area contributed by atoms with Gasteiger partial charge in [0.05, 0.1) is 12.8 Å². The Balaban J connectivity index is 1.43. The first-order valence-electron chi connectivity index (χ1n) is 9.47. The molecule has 2 aliphatic carbocycles. The van der Waals surface area contributed by atoms with Gasteiger partial charge in [0.1, 0.15) is 5.75 Å². The number of aliphatic carboxylic acids is 1. The van der Waals surface area contributed by atoms with Crippen LogP contribution in [0.1, 0.15) is 19.3 Å². The number of nitrogens with zero attached hydrogens (tertiary/aromatic N) is 2. The number of rotatable bonds is 4. The van der Waals surface area contributed by atoms with Gasteiger partial charge in [-0.3, -0.25) is 4.79 Å². The zero-order chi connectivity index (χ0) is 18.3. The first kappa shape index (κ1) is 17.2. The van der Waals surface area contributed by atoms with Gasteiger partial charge >= 0.3 is 0 Å². The number of ether oxygens (including phenoxy) is 1. The molecule has 4 atom stereocenters. The molecule has 1 aliphatic heterocycles. The lowest BCUT2D eigenvalue weighted by Gasteiger charge is -2.40. The summed E-state index contributed by atoms with van der Waals surface area (Å²) in [5.41, 5.74) is 1.04. The highest BCUT2D eigenvalue weighted by molar-refractivity contribution is 5.86. The number of carbonyl (C=O) groups excluding carboxylic acids is 2. The normalized spacial score (nSPS) is 30.5. The third kappa shape index (κ3) is 2.81. The first-order valence-corrected chi connectivity index (χ1v) is 9.47. The summed E-state index contributed by atoms with van der Waals surface area (Å²) in [5, 5.41) is 11.6. The lowest BCUT2D eigenvalue weighted by atomic mass is 9.78. The van der Waals surface area contributed by atoms with E-state index in [0.29, 0.717) is 13.1 Å². The number of carboxylic acid groups (broad SMARTS) is 1. The maximum absolute atomic E-state index is 13.1. The van der Waals surface area contributed by atoms with E-state index in [2.05, 4.69) is 4.90 Å². The molecule has 140 valence electrons. The number of fused-ring (bicyclic) bond motifs is 2. The van der Waals surface area contributed by atoms with Crippen molar-refractivity contribution in [3.8, 4) is 5.75 Å². The van der Waals surface area contributed by atoms with Crippen molar-refractivity contribution in [3.63, 3.8) is 0 Å². The van der Waals surface area contributed by atoms with E-state index in [1.807, 2.05) is 29.2 Å². The summed E-state index contributed by atoms with van der Waals surface area (Å²) in [7, 11) is 1.66. The molecule has 0 radical (unpaired) electrons. The number of hydrogen-bond acceptors (Lipinski definition) is 5. The minimum absolute atomic E-state index is 0.0195. The number of carboxylic acids is 1. The van der Waals surface area contributed by atoms with Crippen molar-refractivity contribution in [2.45, 2.75) is 19.3 Å². The van der Waals surface area contributed by atoms with Crippen LogP contribution in [0.2, 0.25) is 0 Å². The van der Waals surface area contributed by atoms with Crippen molar-refractivity contribution in [3.05, 3.63) is 24.3 Å². The number of para-hydroxylation sites is 2. The van der Waals surface area contributed by atoms with Crippen molar-refractivity contribution in [2.24, 2.45) is 23.7 Å². The minimum atomic E-state index is -1.04. The summed E-state index contributed by atoms with van der Waals surface area (Å²) in [6.07, 6.45) is 2.77. The summed E-state index contributed by atoms with van der Waals surface area (Å²) >= 11 is 0. The number of methoxy groups -OCH3 is 1. The van der Waals surface area contributed by atoms with Gasteiger partial charge in [-0.05, 0) is 43.2 Å². The van der Waals surface area contributed by atoms with Gasteiger partial charge in [-0.1, -0.05) is 12.1 Å². The maximum Gasteiger partial charge on any atom is 0.226 e. The molecule has 0 N–H and O–H groups in total. The van der Waals surface area contributed by atoms with Gasteiger partial charge in [-0.15, -0.1) is 0 Å². The van der Waals surface area contributed by atoms with Gasteiger partial charge in [-0.25, -0.2) is 0 Å². The molecule has 2 saturated carbocycles. The number of hydrogen-bond donors (Lipinski definition) is 0. The molecule has 6 heteroatoms. The Morgan fingerprint density at radius 3 is 2.35 bits per heavy atom. The molecule has 0 unspecified atom stereocenters. The largest absolute Gasteiger partial charge is 0.550 e. The highest BCUT2D eigenvalue weighted by atomic mass is 16.5. The molecule has 26 heavy (non-hydrogen) atoms. The number of benzene rings is 1. The van der Waals surface area contributed by atoms with Crippen LogP contribution >= 0.6 is 0 Å². The molecular weight excluding hydrogens is 332 g/mol. The Kier molecular flexibility index (Phi) is 4.51. The second-order valence-corrected chi connectivity index (χ2v) is 7.69. The van der Waals surface area contributed by atoms with Crippen molar-refractivity contribution >= 4 is 17.6 Å². The van der Waals surface area contributed by atoms with E-state index in [-0.39, 0.29) is 23.7 Å². The van der Waals surface area contributed by atoms with Gasteiger partial charge in [-0.2, -0.15) is 0 Å². The summed E-state index contributed by atoms with van der Waals surface area (Å²) in [5.74, 6) is -0.798. The van der Waals surface area contributed by atoms with Crippen LogP contribution in [0.4, 0.5) is 5.69 Å². The Labute approximate surface area is 153 Å². The molecule has 3 aliphatic rings. The molecule has 0 spiro atoms. The van der Waals surface area contributed by atoms with Crippen LogP contribution in [0.3, 0.4) is 0 Å². The number of amides is 1. The van der Waals surface area contributed by atoms with Gasteiger partial charge in [0, 0.05) is 44.0 Å². The molecule has 1 amide bonds. The summed E-state index contributed by atoms with van der Waals surface area (Å²) in [4.78, 5) is 28.7. The maximum atomic E-state index is 13.1. The fraction of sp³-hybridized carbons (Fsp3) is 0.600. The molecule has 0 aromatic heterocycles. The lowest BCUT2D eigenvalue weighted by molar-refractivity contribution is -0.314. The quantitative estimate of drug-likeness (QED) is 0.795. The van der Waals surface area contributed by atoms with Crippen LogP contribution in [-0.4, -0.2) is 50.1 Å². The summed E-state index contributed by atoms with van der Waals surface area (Å²) < 4.78 is 5.43. The van der Waals surface area contributed by atoms with Crippen LogP contribution in [0.25, 0.3) is 0 Å². The monoisotopic (exact) mass is 357 g/mol. The van der Waals surface area contributed by atoms with E-state index in [1.54, 1.807) is 7.11 Å². The summed E-state index contributed by atoms with van der Waals surface area (Å²) in [6, 6.07) is 7.89. The second kappa shape index (κ2) is 6.82. The summed E-state index contributed by atoms with van der Waals surface area (Å²) in [6.45, 7) is 2.68. The van der Waals surface area contributed by atoms with Crippen molar-refractivity contribution in [1.82, 2.24) is 4.90 Å². The topological polar surface area (TPSA) is 72.9 Å². The van der Waals surface area contributed by atoms with E-state index in [0.717, 1.165) is 43.8 Å². The van der Waals surface area contributed by atoms with E-state index in [1.165, 1.54) is 0 Å². The lowest BCUT2D eigenvalue weighted by Crippen LogP contribution is -2.53. The fourth-order valence-electron chi connectivity index (χ4n) is 5.26. The van der Waals surface area contributed by atoms with E-state index < -0.39 is 11.9 Å². The molecule has 1 aromatic rings. The van der Waals surface area contributed by atoms with Crippen molar-refractivity contribution < 1.29 is 19.4 Å². The zero-order valence-electron chi connectivity index (χ0n) is 15.1. The molecule has 1 saturated heterocycles. The van der Waals surface area contributed by atoms with Crippen molar-refractivity contribution in [2.75, 3.05) is 38.2 Å². The molecule has 3 fully saturated rings. The van der Waals surface area contributed by atoms with E-state index in [9.17, 15) is 14.7 Å². The van der Waals surface area contributed by atoms with Gasteiger partial charge in [0.2, 0.25) is 5.91 Å². The Hall–Kier alpha value is -2.24. The van der Waals surface area contributed by atoms with Gasteiger partial charge in [0.15, 0.2) is 0 Å². The molecular formula is C20H25N2O4-. The average Bonchev–Trinajstić information content (AvgIpc) is 3.29. The first-order chi connectivity index (χ1) is 12.6. The third-order valence-corrected chi connectivity index (χ3v) is 6.49. The minimum Gasteiger partial charge on any atom is -0.550 e. The Morgan fingerprint density at radius 2 is 1.69 bits per heavy atom. The average molecular weight is 357 g/mol. The zero-order valence-corrected chi connectivity index (χ0v) is 15.1. The molecule has 6 nitrogen and oxygen atoms in total. The standard InChI is InChI=1S/C20H26N2O4/c1-26-16-5-3-2-4-15(16)21-8-10-22(11-9-21)19(23)17-13-6-7-14(12-13)18(17)20(24)25/h2-5,13-14,17-18H,6-12H2,1H3,(H,24,25)/p-1/t13-,14-,17+,18+/m1/s1. The predicted octanol–water partition coefficient (Wildman–Crippen LogP) is 0.756. The third-order valence-electron chi connectivity index (χ3n) is 6.49. The molecule has 1 aromatic carbocycles. The van der Waals surface area contributed by atoms with Crippen LogP contribution in [0.15, 0.2) is 24.3 Å². The van der Waals surface area contributed by atoms with E-state index >= 15 is 0 Å². The highest BCUT2D eigenvalue weighted by Crippen LogP contribution is 2.52. The van der Waals surface area contributed by atoms with Crippen LogP contribution in [-0.2, 0) is 9.59 Å². The predicted molar refractivity (Wildman–Crippen MR) is 94.6 cm³/mol.